The van der Waals surface area contributed by atoms with Crippen molar-refractivity contribution in [2.45, 2.75) is 79.1 Å². The molecule has 0 heterocycles. The molecule has 14 heavy (non-hydrogen) atoms. The van der Waals surface area contributed by atoms with Crippen LogP contribution in [0.5, 0.6) is 0 Å². The third-order valence-corrected chi connectivity index (χ3v) is 3.12. The van der Waals surface area contributed by atoms with Gasteiger partial charge in [-0.2, -0.15) is 0 Å². The summed E-state index contributed by atoms with van der Waals surface area (Å²) >= 11 is 0. The molecule has 0 nitrogen and oxygen atoms in total. The first kappa shape index (κ1) is 14.0. The van der Waals surface area contributed by atoms with Gasteiger partial charge in [0.2, 0.25) is 0 Å². The van der Waals surface area contributed by atoms with E-state index in [2.05, 4.69) is 27.7 Å². The molecule has 1 unspecified atom stereocenters. The third kappa shape index (κ3) is 5.67. The van der Waals surface area contributed by atoms with Crippen molar-refractivity contribution in [1.29, 1.82) is 0 Å². The summed E-state index contributed by atoms with van der Waals surface area (Å²) in [7, 11) is 0. The van der Waals surface area contributed by atoms with Gasteiger partial charge in [0.25, 0.3) is 0 Å². The SMILES string of the molecule is CCCCC(CC)[C](CCC)CCC. The second-order valence-electron chi connectivity index (χ2n) is 4.41. The summed E-state index contributed by atoms with van der Waals surface area (Å²) in [5.74, 6) is 2.78. The average molecular weight is 197 g/mol. The molecule has 0 amide bonds. The van der Waals surface area contributed by atoms with Gasteiger partial charge in [-0.25, -0.2) is 0 Å². The Labute approximate surface area is 91.5 Å². The highest BCUT2D eigenvalue weighted by atomic mass is 14.2. The van der Waals surface area contributed by atoms with Crippen LogP contribution >= 0.6 is 0 Å². The molecule has 0 heteroatoms. The van der Waals surface area contributed by atoms with E-state index in [0.29, 0.717) is 0 Å². The molecule has 0 fully saturated rings. The largest absolute Gasteiger partial charge is 0.0654 e. The molecule has 0 spiro atoms. The summed E-state index contributed by atoms with van der Waals surface area (Å²) in [6.07, 6.45) is 11.0. The molecule has 0 aliphatic heterocycles. The van der Waals surface area contributed by atoms with Crippen LogP contribution in [0.2, 0.25) is 0 Å². The van der Waals surface area contributed by atoms with Crippen molar-refractivity contribution in [1.82, 2.24) is 0 Å². The lowest BCUT2D eigenvalue weighted by Gasteiger charge is -2.25. The highest BCUT2D eigenvalue weighted by Gasteiger charge is 2.18. The van der Waals surface area contributed by atoms with Crippen LogP contribution in [0, 0.1) is 11.8 Å². The molecule has 0 saturated heterocycles. The van der Waals surface area contributed by atoms with Crippen LogP contribution in [0.4, 0.5) is 0 Å². The molecule has 0 aromatic rings. The molecule has 0 rings (SSSR count). The maximum absolute atomic E-state index is 2.35. The molecule has 0 aliphatic carbocycles. The van der Waals surface area contributed by atoms with Crippen LogP contribution in [0.1, 0.15) is 79.1 Å². The Morgan fingerprint density at radius 2 is 1.43 bits per heavy atom. The van der Waals surface area contributed by atoms with Crippen LogP contribution in [0.15, 0.2) is 0 Å². The van der Waals surface area contributed by atoms with Gasteiger partial charge in [0.05, 0.1) is 0 Å². The summed E-state index contributed by atoms with van der Waals surface area (Å²) in [5.41, 5.74) is 0. The minimum atomic E-state index is 0.926. The molecule has 0 saturated carbocycles. The number of hydrogen-bond donors (Lipinski definition) is 0. The lowest BCUT2D eigenvalue weighted by atomic mass is 9.80. The Morgan fingerprint density at radius 1 is 0.857 bits per heavy atom. The third-order valence-electron chi connectivity index (χ3n) is 3.12. The predicted molar refractivity (Wildman–Crippen MR) is 66.4 cm³/mol. The zero-order chi connectivity index (χ0) is 10.8. The zero-order valence-corrected chi connectivity index (χ0v) is 10.7. The molecule has 0 aromatic carbocycles. The second-order valence-corrected chi connectivity index (χ2v) is 4.41. The monoisotopic (exact) mass is 197 g/mol. The summed E-state index contributed by atoms with van der Waals surface area (Å²) in [4.78, 5) is 0. The van der Waals surface area contributed by atoms with Crippen molar-refractivity contribution in [3.05, 3.63) is 5.92 Å². The maximum Gasteiger partial charge on any atom is -0.0210 e. The molecule has 1 radical (unpaired) electrons. The minimum Gasteiger partial charge on any atom is -0.0654 e. The van der Waals surface area contributed by atoms with Gasteiger partial charge >= 0.3 is 0 Å². The van der Waals surface area contributed by atoms with E-state index in [1.807, 2.05) is 5.92 Å². The van der Waals surface area contributed by atoms with Crippen molar-refractivity contribution >= 4 is 0 Å². The Kier molecular flexibility index (Phi) is 9.55. The van der Waals surface area contributed by atoms with Gasteiger partial charge in [0.15, 0.2) is 0 Å². The summed E-state index contributed by atoms with van der Waals surface area (Å²) < 4.78 is 0. The van der Waals surface area contributed by atoms with Crippen molar-refractivity contribution in [2.24, 2.45) is 5.92 Å². The predicted octanol–water partition coefficient (Wildman–Crippen LogP) is 5.38. The summed E-state index contributed by atoms with van der Waals surface area (Å²) in [6, 6.07) is 0. The van der Waals surface area contributed by atoms with E-state index in [9.17, 15) is 0 Å². The Bertz CT molecular complexity index is 101. The molecule has 0 bridgehead atoms. The van der Waals surface area contributed by atoms with E-state index < -0.39 is 0 Å². The second kappa shape index (κ2) is 9.55. The fourth-order valence-electron chi connectivity index (χ4n) is 2.32. The van der Waals surface area contributed by atoms with E-state index in [4.69, 9.17) is 0 Å². The number of hydrogen-bond acceptors (Lipinski definition) is 0. The van der Waals surface area contributed by atoms with E-state index >= 15 is 0 Å². The van der Waals surface area contributed by atoms with Crippen molar-refractivity contribution in [3.8, 4) is 0 Å². The lowest BCUT2D eigenvalue weighted by Crippen LogP contribution is -2.12. The van der Waals surface area contributed by atoms with E-state index in [-0.39, 0.29) is 0 Å². The maximum atomic E-state index is 2.35. The van der Waals surface area contributed by atoms with Gasteiger partial charge < -0.3 is 0 Å². The van der Waals surface area contributed by atoms with Crippen LogP contribution in [0.25, 0.3) is 0 Å². The van der Waals surface area contributed by atoms with Gasteiger partial charge in [-0.05, 0) is 31.1 Å². The minimum absolute atomic E-state index is 0.926. The molecule has 0 aromatic heterocycles. The zero-order valence-electron chi connectivity index (χ0n) is 10.7. The van der Waals surface area contributed by atoms with Crippen LogP contribution in [0.3, 0.4) is 0 Å². The molecule has 85 valence electrons. The van der Waals surface area contributed by atoms with E-state index in [1.54, 1.807) is 0 Å². The van der Waals surface area contributed by atoms with E-state index in [1.165, 1.54) is 51.4 Å². The van der Waals surface area contributed by atoms with Gasteiger partial charge in [0.1, 0.15) is 0 Å². The molecule has 0 aliphatic rings. The van der Waals surface area contributed by atoms with Gasteiger partial charge in [0, 0.05) is 0 Å². The fraction of sp³-hybridized carbons (Fsp3) is 0.929. The lowest BCUT2D eigenvalue weighted by molar-refractivity contribution is 0.417. The van der Waals surface area contributed by atoms with Crippen LogP contribution in [-0.2, 0) is 0 Å². The Hall–Kier alpha value is 0. The van der Waals surface area contributed by atoms with Gasteiger partial charge in [-0.1, -0.05) is 59.8 Å². The first-order valence-electron chi connectivity index (χ1n) is 6.64. The van der Waals surface area contributed by atoms with Crippen molar-refractivity contribution in [3.63, 3.8) is 0 Å². The fourth-order valence-corrected chi connectivity index (χ4v) is 2.32. The van der Waals surface area contributed by atoms with E-state index in [0.717, 1.165) is 5.92 Å². The molecule has 1 atom stereocenters. The quantitative estimate of drug-likeness (QED) is 0.465. The van der Waals surface area contributed by atoms with Gasteiger partial charge in [-0.3, -0.25) is 0 Å². The molecular formula is C14H29. The highest BCUT2D eigenvalue weighted by molar-refractivity contribution is 4.95. The summed E-state index contributed by atoms with van der Waals surface area (Å²) in [5, 5.41) is 0. The van der Waals surface area contributed by atoms with Gasteiger partial charge in [-0.15, -0.1) is 0 Å². The van der Waals surface area contributed by atoms with Crippen LogP contribution in [-0.4, -0.2) is 0 Å². The first-order chi connectivity index (χ1) is 6.79. The van der Waals surface area contributed by atoms with Crippen LogP contribution < -0.4 is 0 Å². The molecular weight excluding hydrogens is 168 g/mol. The topological polar surface area (TPSA) is 0 Å². The summed E-state index contributed by atoms with van der Waals surface area (Å²) in [6.45, 7) is 9.27. The number of unbranched alkanes of at least 4 members (excludes halogenated alkanes) is 1. The Balaban J connectivity index is 3.96. The first-order valence-corrected chi connectivity index (χ1v) is 6.64. The average Bonchev–Trinajstić information content (AvgIpc) is 2.19. The Morgan fingerprint density at radius 3 is 1.79 bits per heavy atom. The van der Waals surface area contributed by atoms with Crippen molar-refractivity contribution < 1.29 is 0 Å². The molecule has 0 N–H and O–H groups in total. The van der Waals surface area contributed by atoms with Crippen molar-refractivity contribution in [2.75, 3.05) is 0 Å². The standard InChI is InChI=1S/C14H29/c1-5-9-12-13(8-4)14(10-6-2)11-7-3/h13H,5-12H2,1-4H3. The number of rotatable bonds is 9. The highest BCUT2D eigenvalue weighted by Crippen LogP contribution is 2.31. The normalized spacial score (nSPS) is 13.5. The smallest absolute Gasteiger partial charge is 0.0210 e.